The van der Waals surface area contributed by atoms with Gasteiger partial charge in [-0.1, -0.05) is 0 Å². The average molecular weight is 303 g/mol. The van der Waals surface area contributed by atoms with Gasteiger partial charge in [0, 0.05) is 11.0 Å². The van der Waals surface area contributed by atoms with E-state index in [1.807, 2.05) is 18.4 Å². The summed E-state index contributed by atoms with van der Waals surface area (Å²) >= 11 is 1.51. The Morgan fingerprint density at radius 1 is 1.29 bits per heavy atom. The van der Waals surface area contributed by atoms with Gasteiger partial charge in [0.2, 0.25) is 5.91 Å². The number of carboxylic acid groups (broad SMARTS) is 1. The van der Waals surface area contributed by atoms with Crippen molar-refractivity contribution in [1.82, 2.24) is 0 Å². The first-order chi connectivity index (χ1) is 9.97. The number of aromatic hydroxyl groups is 1. The highest BCUT2D eigenvalue weighted by Gasteiger charge is 2.09. The van der Waals surface area contributed by atoms with Gasteiger partial charge in [-0.25, -0.2) is 4.79 Å². The summed E-state index contributed by atoms with van der Waals surface area (Å²) in [6.07, 6.45) is 3.01. The first-order valence-electron chi connectivity index (χ1n) is 6.07. The van der Waals surface area contributed by atoms with Crippen molar-refractivity contribution in [2.24, 2.45) is 0 Å². The molecular weight excluding hydrogens is 290 g/mol. The first-order valence-corrected chi connectivity index (χ1v) is 6.95. The van der Waals surface area contributed by atoms with Crippen LogP contribution in [0.2, 0.25) is 0 Å². The zero-order valence-corrected chi connectivity index (χ0v) is 12.0. The Morgan fingerprint density at radius 2 is 2.05 bits per heavy atom. The van der Waals surface area contributed by atoms with Crippen LogP contribution in [-0.4, -0.2) is 22.1 Å². The lowest BCUT2D eigenvalue weighted by Crippen LogP contribution is -2.09. The Morgan fingerprint density at radius 3 is 2.67 bits per heavy atom. The number of aromatic carboxylic acids is 1. The van der Waals surface area contributed by atoms with Crippen molar-refractivity contribution in [3.8, 4) is 5.75 Å². The normalized spacial score (nSPS) is 10.7. The van der Waals surface area contributed by atoms with Gasteiger partial charge >= 0.3 is 5.97 Å². The quantitative estimate of drug-likeness (QED) is 0.598. The fourth-order valence-electron chi connectivity index (χ4n) is 1.65. The monoisotopic (exact) mass is 303 g/mol. The van der Waals surface area contributed by atoms with Gasteiger partial charge in [0.1, 0.15) is 5.75 Å². The Labute approximate surface area is 125 Å². The molecule has 2 aromatic rings. The topological polar surface area (TPSA) is 86.6 Å². The van der Waals surface area contributed by atoms with Crippen LogP contribution in [0.3, 0.4) is 0 Å². The SMILES string of the molecule is Cc1ccsc1/C=C/C(=O)Nc1cc(C(=O)O)ccc1O. The number of hydrogen-bond acceptors (Lipinski definition) is 4. The van der Waals surface area contributed by atoms with Crippen molar-refractivity contribution < 1.29 is 19.8 Å². The third-order valence-corrected chi connectivity index (χ3v) is 3.77. The molecule has 108 valence electrons. The minimum atomic E-state index is -1.13. The third kappa shape index (κ3) is 3.70. The van der Waals surface area contributed by atoms with Gasteiger partial charge in [-0.15, -0.1) is 11.3 Å². The molecule has 1 amide bonds. The van der Waals surface area contributed by atoms with Crippen LogP contribution >= 0.6 is 11.3 Å². The summed E-state index contributed by atoms with van der Waals surface area (Å²) in [7, 11) is 0. The van der Waals surface area contributed by atoms with E-state index in [2.05, 4.69) is 5.32 Å². The van der Waals surface area contributed by atoms with Crippen LogP contribution in [0, 0.1) is 6.92 Å². The van der Waals surface area contributed by atoms with Gasteiger partial charge in [0.25, 0.3) is 0 Å². The third-order valence-electron chi connectivity index (χ3n) is 2.79. The molecule has 21 heavy (non-hydrogen) atoms. The maximum Gasteiger partial charge on any atom is 0.335 e. The molecule has 3 N–H and O–H groups in total. The summed E-state index contributed by atoms with van der Waals surface area (Å²) in [5, 5.41) is 22.9. The lowest BCUT2D eigenvalue weighted by molar-refractivity contribution is -0.111. The number of thiophene rings is 1. The Hall–Kier alpha value is -2.60. The van der Waals surface area contributed by atoms with E-state index < -0.39 is 11.9 Å². The number of aryl methyl sites for hydroxylation is 1. The average Bonchev–Trinajstić information content (AvgIpc) is 2.84. The second-order valence-electron chi connectivity index (χ2n) is 4.33. The number of rotatable bonds is 4. The Bertz CT molecular complexity index is 718. The maximum absolute atomic E-state index is 11.8. The number of benzene rings is 1. The van der Waals surface area contributed by atoms with Crippen molar-refractivity contribution in [1.29, 1.82) is 0 Å². The minimum absolute atomic E-state index is 0.0128. The molecule has 2 rings (SSSR count). The molecule has 6 heteroatoms. The summed E-state index contributed by atoms with van der Waals surface area (Å²) < 4.78 is 0. The fraction of sp³-hybridized carbons (Fsp3) is 0.0667. The van der Waals surface area contributed by atoms with Gasteiger partial charge in [-0.05, 0) is 48.2 Å². The molecule has 0 bridgehead atoms. The lowest BCUT2D eigenvalue weighted by atomic mass is 10.2. The van der Waals surface area contributed by atoms with Crippen LogP contribution in [0.25, 0.3) is 6.08 Å². The van der Waals surface area contributed by atoms with Crippen LogP contribution in [0.15, 0.2) is 35.7 Å². The number of carboxylic acids is 1. The molecule has 0 aliphatic carbocycles. The van der Waals surface area contributed by atoms with Crippen LogP contribution in [0.1, 0.15) is 20.8 Å². The molecule has 1 aromatic heterocycles. The van der Waals surface area contributed by atoms with Crippen LogP contribution in [0.5, 0.6) is 5.75 Å². The van der Waals surface area contributed by atoms with E-state index in [1.165, 1.54) is 35.6 Å². The highest BCUT2D eigenvalue weighted by Crippen LogP contribution is 2.24. The van der Waals surface area contributed by atoms with E-state index in [0.717, 1.165) is 10.4 Å². The van der Waals surface area contributed by atoms with Crippen molar-refractivity contribution in [3.63, 3.8) is 0 Å². The number of hydrogen-bond donors (Lipinski definition) is 3. The second-order valence-corrected chi connectivity index (χ2v) is 5.28. The molecular formula is C15H13NO4S. The minimum Gasteiger partial charge on any atom is -0.506 e. The Kier molecular flexibility index (Phi) is 4.39. The van der Waals surface area contributed by atoms with Crippen molar-refractivity contribution in [2.45, 2.75) is 6.92 Å². The number of phenolic OH excluding ortho intramolecular Hbond substituents is 1. The van der Waals surface area contributed by atoms with E-state index >= 15 is 0 Å². The molecule has 0 atom stereocenters. The van der Waals surface area contributed by atoms with Gasteiger partial charge in [0.05, 0.1) is 11.3 Å². The summed E-state index contributed by atoms with van der Waals surface area (Å²) in [6, 6.07) is 5.65. The van der Waals surface area contributed by atoms with E-state index in [4.69, 9.17) is 5.11 Å². The van der Waals surface area contributed by atoms with E-state index in [0.29, 0.717) is 0 Å². The van der Waals surface area contributed by atoms with Crippen molar-refractivity contribution in [3.05, 3.63) is 51.7 Å². The summed E-state index contributed by atoms with van der Waals surface area (Å²) in [4.78, 5) is 23.6. The highest BCUT2D eigenvalue weighted by molar-refractivity contribution is 7.11. The predicted molar refractivity (Wildman–Crippen MR) is 81.8 cm³/mol. The highest BCUT2D eigenvalue weighted by atomic mass is 32.1. The predicted octanol–water partition coefficient (Wildman–Crippen LogP) is 3.11. The molecule has 0 aliphatic rings. The number of carbonyl (C=O) groups excluding carboxylic acids is 1. The number of amides is 1. The molecule has 1 heterocycles. The largest absolute Gasteiger partial charge is 0.506 e. The Balaban J connectivity index is 2.13. The van der Waals surface area contributed by atoms with Gasteiger partial charge in [-0.2, -0.15) is 0 Å². The van der Waals surface area contributed by atoms with Gasteiger partial charge in [0.15, 0.2) is 0 Å². The molecule has 0 saturated carbocycles. The molecule has 5 nitrogen and oxygen atoms in total. The smallest absolute Gasteiger partial charge is 0.335 e. The van der Waals surface area contributed by atoms with Crippen LogP contribution < -0.4 is 5.32 Å². The zero-order chi connectivity index (χ0) is 15.4. The molecule has 0 aliphatic heterocycles. The van der Waals surface area contributed by atoms with Gasteiger partial charge in [-0.3, -0.25) is 4.79 Å². The number of carbonyl (C=O) groups is 2. The number of nitrogens with one attached hydrogen (secondary N) is 1. The standard InChI is InChI=1S/C15H13NO4S/c1-9-6-7-21-13(9)4-5-14(18)16-11-8-10(15(19)20)2-3-12(11)17/h2-8,17H,1H3,(H,16,18)(H,19,20)/b5-4+. The van der Waals surface area contributed by atoms with E-state index in [1.54, 1.807) is 6.08 Å². The maximum atomic E-state index is 11.8. The number of phenols is 1. The summed E-state index contributed by atoms with van der Waals surface area (Å²) in [5.74, 6) is -1.76. The zero-order valence-electron chi connectivity index (χ0n) is 11.2. The fourth-order valence-corrected chi connectivity index (χ4v) is 2.47. The van der Waals surface area contributed by atoms with Crippen molar-refractivity contribution in [2.75, 3.05) is 5.32 Å². The first kappa shape index (κ1) is 14.8. The van der Waals surface area contributed by atoms with Gasteiger partial charge < -0.3 is 15.5 Å². The van der Waals surface area contributed by atoms with Crippen LogP contribution in [-0.2, 0) is 4.79 Å². The molecule has 0 saturated heterocycles. The lowest BCUT2D eigenvalue weighted by Gasteiger charge is -2.06. The molecule has 0 unspecified atom stereocenters. The van der Waals surface area contributed by atoms with E-state index in [9.17, 15) is 14.7 Å². The molecule has 0 fully saturated rings. The van der Waals surface area contributed by atoms with Crippen LogP contribution in [0.4, 0.5) is 5.69 Å². The molecule has 0 radical (unpaired) electrons. The van der Waals surface area contributed by atoms with E-state index in [-0.39, 0.29) is 17.0 Å². The second kappa shape index (κ2) is 6.23. The molecule has 1 aromatic carbocycles. The number of anilines is 1. The molecule has 0 spiro atoms. The van der Waals surface area contributed by atoms with Crippen molar-refractivity contribution >= 4 is 35.0 Å². The summed E-state index contributed by atoms with van der Waals surface area (Å²) in [6.45, 7) is 1.94. The summed E-state index contributed by atoms with van der Waals surface area (Å²) in [5.41, 5.74) is 1.12.